The van der Waals surface area contributed by atoms with Crippen LogP contribution in [-0.4, -0.2) is 28.8 Å². The number of rotatable bonds is 9. The molecule has 1 fully saturated rings. The highest BCUT2D eigenvalue weighted by molar-refractivity contribution is 5.91. The van der Waals surface area contributed by atoms with Crippen LogP contribution in [-0.2, 0) is 27.4 Å². The molecule has 0 spiro atoms. The first-order valence-corrected chi connectivity index (χ1v) is 12.2. The van der Waals surface area contributed by atoms with E-state index >= 15 is 0 Å². The number of halogens is 1. The van der Waals surface area contributed by atoms with Crippen LogP contribution < -0.4 is 10.6 Å². The van der Waals surface area contributed by atoms with Crippen LogP contribution in [0.25, 0.3) is 0 Å². The summed E-state index contributed by atoms with van der Waals surface area (Å²) in [5.74, 6) is -0.586. The minimum absolute atomic E-state index is 0.0814. The third kappa shape index (κ3) is 6.73. The smallest absolute Gasteiger partial charge is 0.411 e. The second kappa shape index (κ2) is 11.7. The molecular formula is C29H30FN3O4. The van der Waals surface area contributed by atoms with Crippen molar-refractivity contribution in [1.82, 2.24) is 10.2 Å². The molecule has 0 unspecified atom stereocenters. The molecule has 7 nitrogen and oxygen atoms in total. The molecular weight excluding hydrogens is 473 g/mol. The number of carbonyl (C=O) groups excluding carboxylic acids is 3. The standard InChI is InChI=1S/C29H30FN3O4/c1-19(2)16-25(34)32-24-14-10-22(11-15-24)27-26(28(35)31-17-20-8-12-23(30)13-9-20)33(29(36)37-27)18-21-6-4-3-5-7-21/h3-15,19,26-27H,16-18H2,1-2H3,(H,31,35)(H,32,34)/t26-,27-/m0/s1. The van der Waals surface area contributed by atoms with Gasteiger partial charge in [0.2, 0.25) is 11.8 Å². The Morgan fingerprint density at radius 2 is 1.62 bits per heavy atom. The van der Waals surface area contributed by atoms with Gasteiger partial charge in [-0.3, -0.25) is 14.5 Å². The molecule has 1 aliphatic rings. The molecule has 8 heteroatoms. The first kappa shape index (κ1) is 25.9. The van der Waals surface area contributed by atoms with Gasteiger partial charge in [0.15, 0.2) is 12.1 Å². The van der Waals surface area contributed by atoms with Gasteiger partial charge in [0.05, 0.1) is 6.54 Å². The van der Waals surface area contributed by atoms with E-state index < -0.39 is 18.2 Å². The lowest BCUT2D eigenvalue weighted by molar-refractivity contribution is -0.126. The highest BCUT2D eigenvalue weighted by Crippen LogP contribution is 2.34. The van der Waals surface area contributed by atoms with Gasteiger partial charge in [-0.25, -0.2) is 9.18 Å². The first-order chi connectivity index (χ1) is 17.8. The van der Waals surface area contributed by atoms with E-state index in [4.69, 9.17) is 4.74 Å². The Hall–Kier alpha value is -4.20. The summed E-state index contributed by atoms with van der Waals surface area (Å²) < 4.78 is 19.0. The number of amides is 3. The molecule has 1 heterocycles. The highest BCUT2D eigenvalue weighted by Gasteiger charge is 2.46. The molecule has 192 valence electrons. The fraction of sp³-hybridized carbons (Fsp3) is 0.276. The number of hydrogen-bond donors (Lipinski definition) is 2. The van der Waals surface area contributed by atoms with Crippen LogP contribution in [0.1, 0.15) is 43.1 Å². The predicted molar refractivity (Wildman–Crippen MR) is 138 cm³/mol. The van der Waals surface area contributed by atoms with Crippen LogP contribution >= 0.6 is 0 Å². The number of ether oxygens (including phenoxy) is 1. The van der Waals surface area contributed by atoms with E-state index in [9.17, 15) is 18.8 Å². The fourth-order valence-corrected chi connectivity index (χ4v) is 4.23. The van der Waals surface area contributed by atoms with Crippen molar-refractivity contribution in [2.45, 2.75) is 45.5 Å². The molecule has 4 rings (SSSR count). The number of nitrogens with zero attached hydrogens (tertiary/aromatic N) is 1. The maximum Gasteiger partial charge on any atom is 0.411 e. The molecule has 0 aliphatic carbocycles. The van der Waals surface area contributed by atoms with E-state index in [-0.39, 0.29) is 36.6 Å². The molecule has 3 aromatic carbocycles. The Labute approximate surface area is 215 Å². The lowest BCUT2D eigenvalue weighted by Gasteiger charge is -2.24. The molecule has 0 bridgehead atoms. The maximum atomic E-state index is 13.4. The molecule has 0 aromatic heterocycles. The van der Waals surface area contributed by atoms with Gasteiger partial charge in [-0.05, 0) is 46.9 Å². The number of carbonyl (C=O) groups is 3. The summed E-state index contributed by atoms with van der Waals surface area (Å²) >= 11 is 0. The van der Waals surface area contributed by atoms with Gasteiger partial charge in [-0.15, -0.1) is 0 Å². The highest BCUT2D eigenvalue weighted by atomic mass is 19.1. The lowest BCUT2D eigenvalue weighted by Crippen LogP contribution is -2.46. The van der Waals surface area contributed by atoms with E-state index in [1.54, 1.807) is 36.4 Å². The summed E-state index contributed by atoms with van der Waals surface area (Å²) in [7, 11) is 0. The summed E-state index contributed by atoms with van der Waals surface area (Å²) in [5, 5.41) is 5.71. The number of anilines is 1. The molecule has 37 heavy (non-hydrogen) atoms. The topological polar surface area (TPSA) is 87.7 Å². The normalized spacial score (nSPS) is 17.0. The van der Waals surface area contributed by atoms with Crippen molar-refractivity contribution in [3.05, 3.63) is 101 Å². The van der Waals surface area contributed by atoms with Gasteiger partial charge in [0.1, 0.15) is 5.82 Å². The van der Waals surface area contributed by atoms with E-state index in [1.165, 1.54) is 17.0 Å². The summed E-state index contributed by atoms with van der Waals surface area (Å²) in [6.07, 6.45) is -1.03. The Bertz CT molecular complexity index is 1230. The van der Waals surface area contributed by atoms with Gasteiger partial charge >= 0.3 is 6.09 Å². The molecule has 2 N–H and O–H groups in total. The van der Waals surface area contributed by atoms with E-state index in [1.807, 2.05) is 44.2 Å². The zero-order valence-electron chi connectivity index (χ0n) is 20.8. The van der Waals surface area contributed by atoms with Crippen LogP contribution in [0.4, 0.5) is 14.9 Å². The first-order valence-electron chi connectivity index (χ1n) is 12.2. The third-order valence-electron chi connectivity index (χ3n) is 6.05. The molecule has 3 amide bonds. The quantitative estimate of drug-likeness (QED) is 0.421. The van der Waals surface area contributed by atoms with Gasteiger partial charge < -0.3 is 15.4 Å². The van der Waals surface area contributed by atoms with Crippen molar-refractivity contribution in [3.8, 4) is 0 Å². The number of cyclic esters (lactones) is 1. The van der Waals surface area contributed by atoms with Gasteiger partial charge in [0.25, 0.3) is 0 Å². The minimum atomic E-state index is -0.922. The zero-order chi connectivity index (χ0) is 26.4. The molecule has 0 saturated carbocycles. The van der Waals surface area contributed by atoms with Crippen LogP contribution in [0, 0.1) is 11.7 Å². The second-order valence-electron chi connectivity index (χ2n) is 9.48. The number of hydrogen-bond acceptors (Lipinski definition) is 4. The van der Waals surface area contributed by atoms with Gasteiger partial charge in [0, 0.05) is 18.7 Å². The van der Waals surface area contributed by atoms with Gasteiger partial charge in [-0.2, -0.15) is 0 Å². The largest absolute Gasteiger partial charge is 0.438 e. The second-order valence-corrected chi connectivity index (χ2v) is 9.48. The van der Waals surface area contributed by atoms with E-state index in [2.05, 4.69) is 10.6 Å². The summed E-state index contributed by atoms with van der Waals surface area (Å²) in [6.45, 7) is 4.32. The number of nitrogens with one attached hydrogen (secondary N) is 2. The third-order valence-corrected chi connectivity index (χ3v) is 6.05. The molecule has 1 saturated heterocycles. The monoisotopic (exact) mass is 503 g/mol. The Kier molecular flexibility index (Phi) is 8.18. The average Bonchev–Trinajstić information content (AvgIpc) is 3.20. The zero-order valence-corrected chi connectivity index (χ0v) is 20.8. The minimum Gasteiger partial charge on any atom is -0.438 e. The van der Waals surface area contributed by atoms with Crippen LogP contribution in [0.5, 0.6) is 0 Å². The Balaban J connectivity index is 1.54. The van der Waals surface area contributed by atoms with E-state index in [0.29, 0.717) is 17.7 Å². The summed E-state index contributed by atoms with van der Waals surface area (Å²) in [5.41, 5.74) is 2.84. The fourth-order valence-electron chi connectivity index (χ4n) is 4.23. The lowest BCUT2D eigenvalue weighted by atomic mass is 10.00. The SMILES string of the molecule is CC(C)CC(=O)Nc1ccc([C@@H]2OC(=O)N(Cc3ccccc3)[C@@H]2C(=O)NCc2ccc(F)cc2)cc1. The van der Waals surface area contributed by atoms with Crippen molar-refractivity contribution in [2.75, 3.05) is 5.32 Å². The van der Waals surface area contributed by atoms with Crippen molar-refractivity contribution < 1.29 is 23.5 Å². The van der Waals surface area contributed by atoms with Crippen molar-refractivity contribution in [2.24, 2.45) is 5.92 Å². The summed E-state index contributed by atoms with van der Waals surface area (Å²) in [4.78, 5) is 39.9. The molecule has 1 aliphatic heterocycles. The van der Waals surface area contributed by atoms with Crippen molar-refractivity contribution in [3.63, 3.8) is 0 Å². The Morgan fingerprint density at radius 3 is 2.27 bits per heavy atom. The molecule has 0 radical (unpaired) electrons. The molecule has 3 aromatic rings. The van der Waals surface area contributed by atoms with Crippen molar-refractivity contribution in [1.29, 1.82) is 0 Å². The van der Waals surface area contributed by atoms with Gasteiger partial charge in [-0.1, -0.05) is 68.4 Å². The predicted octanol–water partition coefficient (Wildman–Crippen LogP) is 5.19. The van der Waals surface area contributed by atoms with Crippen molar-refractivity contribution >= 4 is 23.6 Å². The van der Waals surface area contributed by atoms with Crippen LogP contribution in [0.15, 0.2) is 78.9 Å². The number of benzene rings is 3. The average molecular weight is 504 g/mol. The van der Waals surface area contributed by atoms with Crippen LogP contribution in [0.2, 0.25) is 0 Å². The maximum absolute atomic E-state index is 13.4. The molecule has 2 atom stereocenters. The van der Waals surface area contributed by atoms with E-state index in [0.717, 1.165) is 11.1 Å². The Morgan fingerprint density at radius 1 is 0.946 bits per heavy atom. The summed E-state index contributed by atoms with van der Waals surface area (Å²) in [6, 6.07) is 21.2. The van der Waals surface area contributed by atoms with Crippen LogP contribution in [0.3, 0.4) is 0 Å².